The van der Waals surface area contributed by atoms with Gasteiger partial charge in [0.25, 0.3) is 0 Å². The van der Waals surface area contributed by atoms with Gasteiger partial charge in [-0.3, -0.25) is 0 Å². The summed E-state index contributed by atoms with van der Waals surface area (Å²) in [6.45, 7) is 4.79. The summed E-state index contributed by atoms with van der Waals surface area (Å²) >= 11 is 0. The van der Waals surface area contributed by atoms with Crippen LogP contribution in [0.15, 0.2) is 24.3 Å². The number of rotatable bonds is 7. The fraction of sp³-hybridized carbons (Fsp3) is 0.533. The molecule has 0 aliphatic heterocycles. The minimum absolute atomic E-state index is 0.197. The molecule has 0 aromatic heterocycles. The number of hydrogen-bond acceptors (Lipinski definition) is 3. The maximum absolute atomic E-state index is 11.8. The van der Waals surface area contributed by atoms with Gasteiger partial charge in [0.05, 0.1) is 12.7 Å². The number of urea groups is 1. The van der Waals surface area contributed by atoms with Crippen molar-refractivity contribution in [1.82, 2.24) is 5.32 Å². The Bertz CT molecular complexity index is 421. The number of ether oxygens (including phenoxy) is 1. The van der Waals surface area contributed by atoms with Crippen molar-refractivity contribution >= 4 is 11.7 Å². The van der Waals surface area contributed by atoms with Gasteiger partial charge in [-0.2, -0.15) is 0 Å². The Labute approximate surface area is 120 Å². The summed E-state index contributed by atoms with van der Waals surface area (Å²) in [5, 5.41) is 15.2. The van der Waals surface area contributed by atoms with E-state index in [4.69, 9.17) is 4.74 Å². The molecular formula is C15H24N2O3. The van der Waals surface area contributed by atoms with Crippen LogP contribution in [-0.2, 0) is 11.3 Å². The number of benzene rings is 1. The number of carbonyl (C=O) groups excluding carboxylic acids is 1. The van der Waals surface area contributed by atoms with Crippen LogP contribution in [0.2, 0.25) is 0 Å². The van der Waals surface area contributed by atoms with Crippen LogP contribution in [0.4, 0.5) is 10.5 Å². The number of hydrogen-bond donors (Lipinski definition) is 3. The predicted molar refractivity (Wildman–Crippen MR) is 79.6 cm³/mol. The molecule has 0 aliphatic rings. The van der Waals surface area contributed by atoms with Crippen LogP contribution in [0, 0.1) is 5.92 Å². The minimum Gasteiger partial charge on any atom is -0.393 e. The van der Waals surface area contributed by atoms with E-state index in [9.17, 15) is 9.90 Å². The Morgan fingerprint density at radius 2 is 2.05 bits per heavy atom. The summed E-state index contributed by atoms with van der Waals surface area (Å²) in [5.74, 6) is 0.197. The summed E-state index contributed by atoms with van der Waals surface area (Å²) in [6.07, 6.45) is 0.154. The molecule has 0 saturated heterocycles. The normalized spacial score (nSPS) is 12.2. The minimum atomic E-state index is -0.393. The summed E-state index contributed by atoms with van der Waals surface area (Å²) in [4.78, 5) is 11.8. The molecule has 3 N–H and O–H groups in total. The first-order chi connectivity index (χ1) is 9.54. The fourth-order valence-electron chi connectivity index (χ4n) is 1.76. The number of aliphatic hydroxyl groups excluding tert-OH is 1. The quantitative estimate of drug-likeness (QED) is 0.718. The molecule has 0 saturated carbocycles. The zero-order chi connectivity index (χ0) is 15.0. The molecule has 0 spiro atoms. The molecular weight excluding hydrogens is 256 g/mol. The van der Waals surface area contributed by atoms with Gasteiger partial charge in [0.1, 0.15) is 0 Å². The van der Waals surface area contributed by atoms with Gasteiger partial charge >= 0.3 is 6.03 Å². The van der Waals surface area contributed by atoms with Gasteiger partial charge in [0.2, 0.25) is 0 Å². The topological polar surface area (TPSA) is 70.6 Å². The van der Waals surface area contributed by atoms with Gasteiger partial charge in [-0.1, -0.05) is 32.0 Å². The maximum atomic E-state index is 11.8. The average molecular weight is 280 g/mol. The first-order valence-corrected chi connectivity index (χ1v) is 6.84. The van der Waals surface area contributed by atoms with Crippen molar-refractivity contribution in [3.63, 3.8) is 0 Å². The van der Waals surface area contributed by atoms with Gasteiger partial charge in [0, 0.05) is 24.9 Å². The van der Waals surface area contributed by atoms with E-state index in [1.807, 2.05) is 38.1 Å². The van der Waals surface area contributed by atoms with Crippen LogP contribution in [0.1, 0.15) is 25.8 Å². The van der Waals surface area contributed by atoms with Gasteiger partial charge in [-0.25, -0.2) is 4.79 Å². The number of amides is 2. The first kappa shape index (κ1) is 16.5. The SMILES string of the molecule is COCc1ccccc1NC(=O)NCCC(O)C(C)C. The molecule has 5 nitrogen and oxygen atoms in total. The van der Waals surface area contributed by atoms with Crippen LogP contribution in [0.3, 0.4) is 0 Å². The largest absolute Gasteiger partial charge is 0.393 e. The van der Waals surface area contributed by atoms with E-state index in [1.54, 1.807) is 7.11 Å². The van der Waals surface area contributed by atoms with E-state index in [2.05, 4.69) is 10.6 Å². The number of nitrogens with one attached hydrogen (secondary N) is 2. The molecule has 20 heavy (non-hydrogen) atoms. The van der Waals surface area contributed by atoms with Crippen LogP contribution in [0.5, 0.6) is 0 Å². The summed E-state index contributed by atoms with van der Waals surface area (Å²) < 4.78 is 5.08. The van der Waals surface area contributed by atoms with Crippen molar-refractivity contribution in [3.05, 3.63) is 29.8 Å². The second-order valence-corrected chi connectivity index (χ2v) is 5.07. The summed E-state index contributed by atoms with van der Waals surface area (Å²) in [7, 11) is 1.62. The number of aliphatic hydroxyl groups is 1. The molecule has 0 heterocycles. The van der Waals surface area contributed by atoms with Gasteiger partial charge in [0.15, 0.2) is 0 Å². The average Bonchev–Trinajstić information content (AvgIpc) is 2.41. The Hall–Kier alpha value is -1.59. The van der Waals surface area contributed by atoms with Gasteiger partial charge in [-0.05, 0) is 18.4 Å². The Kier molecular flexibility index (Phi) is 7.04. The van der Waals surface area contributed by atoms with Crippen molar-refractivity contribution in [1.29, 1.82) is 0 Å². The standard InChI is InChI=1S/C15H24N2O3/c1-11(2)14(18)8-9-16-15(19)17-13-7-5-4-6-12(13)10-20-3/h4-7,11,14,18H,8-10H2,1-3H3,(H2,16,17,19). The Balaban J connectivity index is 2.42. The van der Waals surface area contributed by atoms with Crippen LogP contribution in [0.25, 0.3) is 0 Å². The van der Waals surface area contributed by atoms with E-state index < -0.39 is 6.10 Å². The highest BCUT2D eigenvalue weighted by atomic mass is 16.5. The molecule has 1 rings (SSSR count). The third kappa shape index (κ3) is 5.59. The van der Waals surface area contributed by atoms with Crippen molar-refractivity contribution in [2.24, 2.45) is 5.92 Å². The third-order valence-corrected chi connectivity index (χ3v) is 3.06. The second-order valence-electron chi connectivity index (χ2n) is 5.07. The summed E-state index contributed by atoms with van der Waals surface area (Å²) in [5.41, 5.74) is 1.66. The number of methoxy groups -OCH3 is 1. The smallest absolute Gasteiger partial charge is 0.319 e. The number of para-hydroxylation sites is 1. The highest BCUT2D eigenvalue weighted by molar-refractivity contribution is 5.90. The van der Waals surface area contributed by atoms with Crippen molar-refractivity contribution in [2.75, 3.05) is 19.0 Å². The Morgan fingerprint density at radius 3 is 2.70 bits per heavy atom. The predicted octanol–water partition coefficient (Wildman–Crippen LogP) is 2.36. The lowest BCUT2D eigenvalue weighted by Crippen LogP contribution is -2.32. The zero-order valence-electron chi connectivity index (χ0n) is 12.3. The monoisotopic (exact) mass is 280 g/mol. The lowest BCUT2D eigenvalue weighted by atomic mass is 10.0. The highest BCUT2D eigenvalue weighted by Crippen LogP contribution is 2.15. The lowest BCUT2D eigenvalue weighted by Gasteiger charge is -2.15. The second kappa shape index (κ2) is 8.55. The molecule has 1 unspecified atom stereocenters. The Morgan fingerprint density at radius 1 is 1.35 bits per heavy atom. The summed E-state index contributed by atoms with van der Waals surface area (Å²) in [6, 6.07) is 7.22. The zero-order valence-corrected chi connectivity index (χ0v) is 12.3. The van der Waals surface area contributed by atoms with E-state index in [1.165, 1.54) is 0 Å². The van der Waals surface area contributed by atoms with Crippen molar-refractivity contribution in [3.8, 4) is 0 Å². The molecule has 0 bridgehead atoms. The molecule has 0 fully saturated rings. The fourth-order valence-corrected chi connectivity index (χ4v) is 1.76. The molecule has 1 atom stereocenters. The molecule has 1 aromatic carbocycles. The van der Waals surface area contributed by atoms with Gasteiger partial charge in [-0.15, -0.1) is 0 Å². The molecule has 1 aromatic rings. The molecule has 5 heteroatoms. The van der Waals surface area contributed by atoms with Crippen molar-refractivity contribution < 1.29 is 14.6 Å². The van der Waals surface area contributed by atoms with Crippen molar-refractivity contribution in [2.45, 2.75) is 33.0 Å². The third-order valence-electron chi connectivity index (χ3n) is 3.06. The van der Waals surface area contributed by atoms with E-state index >= 15 is 0 Å². The number of anilines is 1. The first-order valence-electron chi connectivity index (χ1n) is 6.84. The molecule has 2 amide bonds. The molecule has 0 aliphatic carbocycles. The highest BCUT2D eigenvalue weighted by Gasteiger charge is 2.10. The van der Waals surface area contributed by atoms with Crippen LogP contribution in [-0.4, -0.2) is 30.9 Å². The molecule has 112 valence electrons. The van der Waals surface area contributed by atoms with E-state index in [0.717, 1.165) is 11.3 Å². The molecule has 0 radical (unpaired) electrons. The van der Waals surface area contributed by atoms with Crippen LogP contribution >= 0.6 is 0 Å². The van der Waals surface area contributed by atoms with E-state index in [0.29, 0.717) is 19.6 Å². The van der Waals surface area contributed by atoms with Gasteiger partial charge < -0.3 is 20.5 Å². The number of carbonyl (C=O) groups is 1. The van der Waals surface area contributed by atoms with Crippen LogP contribution < -0.4 is 10.6 Å². The maximum Gasteiger partial charge on any atom is 0.319 e. The van der Waals surface area contributed by atoms with E-state index in [-0.39, 0.29) is 11.9 Å². The lowest BCUT2D eigenvalue weighted by molar-refractivity contribution is 0.117.